The number of Topliss-reactive ketones (excluding diaryl/α,β-unsaturated/α-hetero) is 1. The number of halogens is 1. The molecule has 0 bridgehead atoms. The van der Waals surface area contributed by atoms with E-state index in [1.807, 2.05) is 16.9 Å². The van der Waals surface area contributed by atoms with Gasteiger partial charge in [0.05, 0.1) is 4.92 Å². The van der Waals surface area contributed by atoms with Crippen LogP contribution in [-0.4, -0.2) is 26.9 Å². The highest BCUT2D eigenvalue weighted by Gasteiger charge is 2.21. The highest BCUT2D eigenvalue weighted by Crippen LogP contribution is 2.28. The van der Waals surface area contributed by atoms with Crippen LogP contribution in [0, 0.1) is 29.8 Å². The van der Waals surface area contributed by atoms with Crippen molar-refractivity contribution in [1.82, 2.24) is 9.55 Å². The molecule has 0 aliphatic rings. The molecule has 0 saturated heterocycles. The third-order valence-corrected chi connectivity index (χ3v) is 4.58. The number of hydrogen-bond donors (Lipinski definition) is 0. The molecule has 0 aliphatic heterocycles. The number of ether oxygens (including phenoxy) is 1. The maximum atomic E-state index is 13.3. The second-order valence-electron chi connectivity index (χ2n) is 5.52. The van der Waals surface area contributed by atoms with Crippen LogP contribution in [0.4, 0.5) is 10.1 Å². The quantitative estimate of drug-likeness (QED) is 0.371. The van der Waals surface area contributed by atoms with Crippen LogP contribution in [0.5, 0.6) is 5.75 Å². The second kappa shape index (κ2) is 7.04. The second-order valence-corrected chi connectivity index (χ2v) is 6.39. The van der Waals surface area contributed by atoms with Crippen LogP contribution >= 0.6 is 11.3 Å². The maximum Gasteiger partial charge on any atom is 0.311 e. The lowest BCUT2D eigenvalue weighted by atomic mass is 10.1. The van der Waals surface area contributed by atoms with Crippen LogP contribution in [0.1, 0.15) is 21.7 Å². The van der Waals surface area contributed by atoms with Gasteiger partial charge in [-0.25, -0.2) is 9.37 Å². The predicted molar refractivity (Wildman–Crippen MR) is 93.8 cm³/mol. The Morgan fingerprint density at radius 1 is 1.38 bits per heavy atom. The lowest BCUT2D eigenvalue weighted by Gasteiger charge is -2.07. The first-order valence-corrected chi connectivity index (χ1v) is 8.45. The summed E-state index contributed by atoms with van der Waals surface area (Å²) in [6.07, 6.45) is 1.67. The van der Waals surface area contributed by atoms with Gasteiger partial charge in [0.1, 0.15) is 5.82 Å². The molecule has 9 heteroatoms. The van der Waals surface area contributed by atoms with Gasteiger partial charge in [0.25, 0.3) is 0 Å². The summed E-state index contributed by atoms with van der Waals surface area (Å²) >= 11 is 1.44. The maximum absolute atomic E-state index is 13.3. The highest BCUT2D eigenvalue weighted by molar-refractivity contribution is 7.12. The largest absolute Gasteiger partial charge is 0.478 e. The Morgan fingerprint density at radius 3 is 2.81 bits per heavy atom. The summed E-state index contributed by atoms with van der Waals surface area (Å²) in [5.41, 5.74) is 1.56. The van der Waals surface area contributed by atoms with Gasteiger partial charge in [-0.05, 0) is 26.0 Å². The molecular formula is C17H14FN3O4S. The summed E-state index contributed by atoms with van der Waals surface area (Å²) in [6.45, 7) is 3.20. The number of benzene rings is 1. The molecule has 2 aromatic heterocycles. The van der Waals surface area contributed by atoms with E-state index in [0.29, 0.717) is 11.3 Å². The molecule has 0 saturated carbocycles. The molecule has 0 unspecified atom stereocenters. The zero-order valence-corrected chi connectivity index (χ0v) is 14.7. The number of hydrogen-bond acceptors (Lipinski definition) is 6. The van der Waals surface area contributed by atoms with Crippen molar-refractivity contribution < 1.29 is 18.8 Å². The Kier molecular flexibility index (Phi) is 4.81. The molecule has 0 N–H and O–H groups in total. The highest BCUT2D eigenvalue weighted by atomic mass is 32.1. The van der Waals surface area contributed by atoms with Gasteiger partial charge in [-0.15, -0.1) is 11.3 Å². The van der Waals surface area contributed by atoms with Gasteiger partial charge in [0.2, 0.25) is 5.78 Å². The van der Waals surface area contributed by atoms with Crippen LogP contribution in [-0.2, 0) is 0 Å². The van der Waals surface area contributed by atoms with E-state index < -0.39 is 23.0 Å². The number of thiazole rings is 1. The number of ketones is 1. The van der Waals surface area contributed by atoms with Crippen molar-refractivity contribution in [2.75, 3.05) is 6.61 Å². The average Bonchev–Trinajstić information content (AvgIpc) is 3.20. The minimum absolute atomic E-state index is 0.280. The number of carbonyl (C=O) groups is 1. The Hall–Kier alpha value is -3.07. The van der Waals surface area contributed by atoms with E-state index in [0.717, 1.165) is 29.0 Å². The lowest BCUT2D eigenvalue weighted by molar-refractivity contribution is -0.385. The van der Waals surface area contributed by atoms with Crippen LogP contribution in [0.15, 0.2) is 35.8 Å². The third kappa shape index (κ3) is 3.33. The summed E-state index contributed by atoms with van der Waals surface area (Å²) in [6, 6.07) is 4.57. The van der Waals surface area contributed by atoms with Gasteiger partial charge >= 0.3 is 5.69 Å². The molecule has 0 radical (unpaired) electrons. The number of nitro benzene ring substituents is 1. The first-order valence-electron chi connectivity index (χ1n) is 7.57. The van der Waals surface area contributed by atoms with Crippen LogP contribution in [0.3, 0.4) is 0 Å². The Balaban J connectivity index is 1.83. The molecule has 3 aromatic rings. The van der Waals surface area contributed by atoms with Crippen molar-refractivity contribution in [1.29, 1.82) is 0 Å². The fraction of sp³-hybridized carbons (Fsp3) is 0.176. The fourth-order valence-corrected chi connectivity index (χ4v) is 3.39. The molecule has 0 aliphatic carbocycles. The molecule has 134 valence electrons. The molecule has 7 nitrogen and oxygen atoms in total. The first kappa shape index (κ1) is 17.7. The summed E-state index contributed by atoms with van der Waals surface area (Å²) in [5.74, 6) is -1.32. The van der Waals surface area contributed by atoms with E-state index in [-0.39, 0.29) is 11.5 Å². The third-order valence-electron chi connectivity index (χ3n) is 3.82. The number of nitrogens with zero attached hydrogens (tertiary/aromatic N) is 3. The molecule has 0 atom stereocenters. The summed E-state index contributed by atoms with van der Waals surface area (Å²) in [7, 11) is 0. The van der Waals surface area contributed by atoms with Crippen molar-refractivity contribution in [2.45, 2.75) is 13.8 Å². The zero-order valence-electron chi connectivity index (χ0n) is 13.9. The normalized spacial score (nSPS) is 10.7. The SMILES string of the molecule is Cc1cc(C(=O)COc2cc(F)ccc2[N+](=O)[O-])c(C)n1-c1nccs1. The Labute approximate surface area is 151 Å². The van der Waals surface area contributed by atoms with Crippen molar-refractivity contribution in [2.24, 2.45) is 0 Å². The smallest absolute Gasteiger partial charge is 0.311 e. The van der Waals surface area contributed by atoms with Gasteiger partial charge in [-0.1, -0.05) is 0 Å². The standard InChI is InChI=1S/C17H14FN3O4S/c1-10-7-13(11(2)20(10)17-19-5-6-26-17)15(22)9-25-16-8-12(18)3-4-14(16)21(23)24/h3-8H,9H2,1-2H3. The topological polar surface area (TPSA) is 87.3 Å². The van der Waals surface area contributed by atoms with E-state index >= 15 is 0 Å². The number of rotatable bonds is 6. The van der Waals surface area contributed by atoms with E-state index in [4.69, 9.17) is 4.74 Å². The number of nitro groups is 1. The van der Waals surface area contributed by atoms with Gasteiger partial charge in [0.15, 0.2) is 17.5 Å². The van der Waals surface area contributed by atoms with Crippen molar-refractivity contribution in [3.8, 4) is 10.9 Å². The summed E-state index contributed by atoms with van der Waals surface area (Å²) in [4.78, 5) is 27.1. The zero-order chi connectivity index (χ0) is 18.8. The first-order chi connectivity index (χ1) is 12.4. The molecule has 0 amide bonds. The van der Waals surface area contributed by atoms with Crippen molar-refractivity contribution in [3.05, 3.63) is 68.7 Å². The van der Waals surface area contributed by atoms with Crippen molar-refractivity contribution in [3.63, 3.8) is 0 Å². The lowest BCUT2D eigenvalue weighted by Crippen LogP contribution is -2.13. The van der Waals surface area contributed by atoms with Gasteiger partial charge in [0, 0.05) is 40.7 Å². The summed E-state index contributed by atoms with van der Waals surface area (Å²) in [5, 5.41) is 13.6. The van der Waals surface area contributed by atoms with Gasteiger partial charge < -0.3 is 4.74 Å². The molecule has 1 aromatic carbocycles. The van der Waals surface area contributed by atoms with E-state index in [1.165, 1.54) is 11.3 Å². The molecule has 0 fully saturated rings. The number of aromatic nitrogens is 2. The fourth-order valence-electron chi connectivity index (χ4n) is 2.64. The van der Waals surface area contributed by atoms with Crippen LogP contribution < -0.4 is 4.74 Å². The number of carbonyl (C=O) groups excluding carboxylic acids is 1. The molecular weight excluding hydrogens is 361 g/mol. The minimum atomic E-state index is -0.687. The molecule has 26 heavy (non-hydrogen) atoms. The van der Waals surface area contributed by atoms with Crippen LogP contribution in [0.2, 0.25) is 0 Å². The molecule has 3 rings (SSSR count). The Morgan fingerprint density at radius 2 is 2.15 bits per heavy atom. The molecule has 0 spiro atoms. The van der Waals surface area contributed by atoms with E-state index in [9.17, 15) is 19.3 Å². The van der Waals surface area contributed by atoms with Gasteiger partial charge in [-0.3, -0.25) is 19.5 Å². The van der Waals surface area contributed by atoms with E-state index in [1.54, 1.807) is 19.2 Å². The monoisotopic (exact) mass is 375 g/mol. The van der Waals surface area contributed by atoms with E-state index in [2.05, 4.69) is 4.98 Å². The average molecular weight is 375 g/mol. The molecule has 2 heterocycles. The predicted octanol–water partition coefficient (Wildman–Crippen LogP) is 3.86. The van der Waals surface area contributed by atoms with Crippen LogP contribution in [0.25, 0.3) is 5.13 Å². The number of aryl methyl sites for hydroxylation is 1. The van der Waals surface area contributed by atoms with Gasteiger partial charge in [-0.2, -0.15) is 0 Å². The Bertz CT molecular complexity index is 982. The van der Waals surface area contributed by atoms with Crippen molar-refractivity contribution >= 4 is 22.8 Å². The minimum Gasteiger partial charge on any atom is -0.478 e. The summed E-state index contributed by atoms with van der Waals surface area (Å²) < 4.78 is 20.4.